The van der Waals surface area contributed by atoms with Gasteiger partial charge in [0, 0.05) is 18.7 Å². The first kappa shape index (κ1) is 22.4. The Morgan fingerprint density at radius 1 is 1.19 bits per heavy atom. The van der Waals surface area contributed by atoms with E-state index in [0.717, 1.165) is 32.5 Å². The van der Waals surface area contributed by atoms with Crippen LogP contribution < -0.4 is 10.6 Å². The minimum atomic E-state index is -0.571. The number of piperidine rings is 1. The summed E-state index contributed by atoms with van der Waals surface area (Å²) in [5.41, 5.74) is 0.354. The Kier molecular flexibility index (Phi) is 9.02. The Balaban J connectivity index is 0.00000338. The number of hydrogen-bond donors (Lipinski definition) is 2. The van der Waals surface area contributed by atoms with Crippen molar-refractivity contribution in [3.63, 3.8) is 0 Å². The Morgan fingerprint density at radius 2 is 1.77 bits per heavy atom. The lowest BCUT2D eigenvalue weighted by Gasteiger charge is -2.35. The van der Waals surface area contributed by atoms with Gasteiger partial charge in [-0.15, -0.1) is 12.4 Å². The van der Waals surface area contributed by atoms with E-state index in [9.17, 15) is 14.0 Å². The molecule has 1 aliphatic heterocycles. The second-order valence-electron chi connectivity index (χ2n) is 7.03. The molecule has 2 amide bonds. The quantitative estimate of drug-likeness (QED) is 0.790. The van der Waals surface area contributed by atoms with Gasteiger partial charge in [-0.05, 0) is 62.5 Å². The van der Waals surface area contributed by atoms with Crippen molar-refractivity contribution in [2.24, 2.45) is 11.8 Å². The molecule has 1 heterocycles. The Morgan fingerprint density at radius 3 is 2.27 bits per heavy atom. The van der Waals surface area contributed by atoms with Crippen LogP contribution in [0.15, 0.2) is 24.3 Å². The van der Waals surface area contributed by atoms with Gasteiger partial charge in [0.2, 0.25) is 5.91 Å². The molecule has 26 heavy (non-hydrogen) atoms. The second-order valence-corrected chi connectivity index (χ2v) is 7.03. The monoisotopic (exact) mass is 385 g/mol. The van der Waals surface area contributed by atoms with Crippen LogP contribution >= 0.6 is 12.4 Å². The van der Waals surface area contributed by atoms with Crippen LogP contribution in [0.4, 0.5) is 4.39 Å². The average Bonchev–Trinajstić information content (AvgIpc) is 2.60. The molecule has 1 fully saturated rings. The Labute approximate surface area is 161 Å². The molecule has 146 valence electrons. The number of hydrogen-bond acceptors (Lipinski definition) is 3. The van der Waals surface area contributed by atoms with Crippen LogP contribution in [0.3, 0.4) is 0 Å². The summed E-state index contributed by atoms with van der Waals surface area (Å²) >= 11 is 0. The molecule has 0 aromatic heterocycles. The third kappa shape index (κ3) is 5.95. The van der Waals surface area contributed by atoms with E-state index in [1.807, 2.05) is 25.8 Å². The fourth-order valence-electron chi connectivity index (χ4n) is 3.18. The third-order valence-electron chi connectivity index (χ3n) is 4.74. The summed E-state index contributed by atoms with van der Waals surface area (Å²) in [6.45, 7) is 6.25. The molecule has 0 radical (unpaired) electrons. The fourth-order valence-corrected chi connectivity index (χ4v) is 3.18. The van der Waals surface area contributed by atoms with Crippen LogP contribution in [-0.4, -0.2) is 49.4 Å². The molecule has 0 spiro atoms. The summed E-state index contributed by atoms with van der Waals surface area (Å²) in [6.07, 6.45) is 1.95. The molecule has 1 aromatic rings. The maximum Gasteiger partial charge on any atom is 0.251 e. The number of nitrogens with zero attached hydrogens (tertiary/aromatic N) is 1. The molecule has 0 aliphatic carbocycles. The first-order valence-corrected chi connectivity index (χ1v) is 8.92. The first-order chi connectivity index (χ1) is 11.9. The zero-order chi connectivity index (χ0) is 18.4. The normalized spacial score (nSPS) is 16.1. The summed E-state index contributed by atoms with van der Waals surface area (Å²) in [7, 11) is 1.94. The van der Waals surface area contributed by atoms with Crippen molar-refractivity contribution in [2.45, 2.75) is 32.7 Å². The Hall–Kier alpha value is -1.66. The van der Waals surface area contributed by atoms with Gasteiger partial charge in [-0.1, -0.05) is 13.8 Å². The number of amides is 2. The van der Waals surface area contributed by atoms with Gasteiger partial charge in [0.1, 0.15) is 11.9 Å². The average molecular weight is 386 g/mol. The van der Waals surface area contributed by atoms with E-state index in [2.05, 4.69) is 10.6 Å². The van der Waals surface area contributed by atoms with Gasteiger partial charge < -0.3 is 15.5 Å². The number of carbonyl (C=O) groups is 2. The van der Waals surface area contributed by atoms with Gasteiger partial charge >= 0.3 is 0 Å². The molecule has 7 heteroatoms. The third-order valence-corrected chi connectivity index (χ3v) is 4.74. The zero-order valence-corrected chi connectivity index (χ0v) is 16.4. The maximum absolute atomic E-state index is 13.0. The predicted octanol–water partition coefficient (Wildman–Crippen LogP) is 2.46. The minimum absolute atomic E-state index is 0. The number of halogens is 2. The molecule has 0 saturated carbocycles. The number of benzene rings is 1. The summed E-state index contributed by atoms with van der Waals surface area (Å²) < 4.78 is 13.0. The second kappa shape index (κ2) is 10.5. The minimum Gasteiger partial charge on any atom is -0.341 e. The van der Waals surface area contributed by atoms with Crippen molar-refractivity contribution in [3.05, 3.63) is 35.6 Å². The van der Waals surface area contributed by atoms with Crippen molar-refractivity contribution in [3.8, 4) is 0 Å². The van der Waals surface area contributed by atoms with Gasteiger partial charge in [-0.3, -0.25) is 9.59 Å². The summed E-state index contributed by atoms with van der Waals surface area (Å²) in [4.78, 5) is 27.1. The SMILES string of the molecule is CNCC1CCN(C(=O)C(NC(=O)c2ccc(F)cc2)C(C)C)CC1.Cl. The molecule has 1 unspecified atom stereocenters. The molecule has 1 atom stereocenters. The van der Waals surface area contributed by atoms with Crippen molar-refractivity contribution >= 4 is 24.2 Å². The van der Waals surface area contributed by atoms with E-state index in [0.29, 0.717) is 11.5 Å². The van der Waals surface area contributed by atoms with Crippen molar-refractivity contribution < 1.29 is 14.0 Å². The molecule has 2 rings (SSSR count). The summed E-state index contributed by atoms with van der Waals surface area (Å²) in [6, 6.07) is 4.77. The van der Waals surface area contributed by atoms with E-state index in [1.54, 1.807) is 0 Å². The highest BCUT2D eigenvalue weighted by molar-refractivity contribution is 5.97. The van der Waals surface area contributed by atoms with Gasteiger partial charge in [0.15, 0.2) is 0 Å². The number of rotatable bonds is 6. The molecule has 1 aromatic carbocycles. The van der Waals surface area contributed by atoms with E-state index >= 15 is 0 Å². The fraction of sp³-hybridized carbons (Fsp3) is 0.579. The molecule has 1 aliphatic rings. The first-order valence-electron chi connectivity index (χ1n) is 8.92. The van der Waals surface area contributed by atoms with Crippen LogP contribution in [0.25, 0.3) is 0 Å². The van der Waals surface area contributed by atoms with E-state index in [1.165, 1.54) is 24.3 Å². The van der Waals surface area contributed by atoms with E-state index in [4.69, 9.17) is 0 Å². The highest BCUT2D eigenvalue weighted by atomic mass is 35.5. The highest BCUT2D eigenvalue weighted by Gasteiger charge is 2.31. The number of likely N-dealkylation sites (tertiary alicyclic amines) is 1. The molecule has 5 nitrogen and oxygen atoms in total. The van der Waals surface area contributed by atoms with Crippen LogP contribution in [-0.2, 0) is 4.79 Å². The van der Waals surface area contributed by atoms with Crippen LogP contribution in [0.1, 0.15) is 37.0 Å². The van der Waals surface area contributed by atoms with E-state index < -0.39 is 11.9 Å². The van der Waals surface area contributed by atoms with Crippen molar-refractivity contribution in [1.29, 1.82) is 0 Å². The molecular formula is C19H29ClFN3O2. The molecular weight excluding hydrogens is 357 g/mol. The smallest absolute Gasteiger partial charge is 0.251 e. The lowest BCUT2D eigenvalue weighted by Crippen LogP contribution is -2.53. The van der Waals surface area contributed by atoms with Gasteiger partial charge in [-0.2, -0.15) is 0 Å². The summed E-state index contributed by atoms with van der Waals surface area (Å²) in [5, 5.41) is 6.00. The van der Waals surface area contributed by atoms with Crippen LogP contribution in [0, 0.1) is 17.7 Å². The topological polar surface area (TPSA) is 61.4 Å². The maximum atomic E-state index is 13.0. The lowest BCUT2D eigenvalue weighted by molar-refractivity contribution is -0.135. The standard InChI is InChI=1S/C19H28FN3O2.ClH/c1-13(2)17(22-18(24)15-4-6-16(20)7-5-15)19(25)23-10-8-14(9-11-23)12-21-3;/h4-7,13-14,17,21H,8-12H2,1-3H3,(H,22,24);1H. The van der Waals surface area contributed by atoms with Crippen molar-refractivity contribution in [2.75, 3.05) is 26.7 Å². The summed E-state index contributed by atoms with van der Waals surface area (Å²) in [5.74, 6) is -0.199. The van der Waals surface area contributed by atoms with Crippen molar-refractivity contribution in [1.82, 2.24) is 15.5 Å². The zero-order valence-electron chi connectivity index (χ0n) is 15.6. The Bertz CT molecular complexity index is 587. The highest BCUT2D eigenvalue weighted by Crippen LogP contribution is 2.18. The largest absolute Gasteiger partial charge is 0.341 e. The van der Waals surface area contributed by atoms with Crippen LogP contribution in [0.5, 0.6) is 0 Å². The van der Waals surface area contributed by atoms with Gasteiger partial charge in [0.05, 0.1) is 0 Å². The molecule has 0 bridgehead atoms. The molecule has 2 N–H and O–H groups in total. The lowest BCUT2D eigenvalue weighted by atomic mass is 9.95. The predicted molar refractivity (Wildman–Crippen MR) is 103 cm³/mol. The van der Waals surface area contributed by atoms with Crippen LogP contribution in [0.2, 0.25) is 0 Å². The van der Waals surface area contributed by atoms with Gasteiger partial charge in [0.25, 0.3) is 5.91 Å². The number of nitrogens with one attached hydrogen (secondary N) is 2. The number of carbonyl (C=O) groups excluding carboxylic acids is 2. The van der Waals surface area contributed by atoms with Gasteiger partial charge in [-0.25, -0.2) is 4.39 Å². The molecule has 1 saturated heterocycles. The van der Waals surface area contributed by atoms with E-state index in [-0.39, 0.29) is 30.1 Å².